The van der Waals surface area contributed by atoms with E-state index in [0.29, 0.717) is 0 Å². The Morgan fingerprint density at radius 3 is 3.14 bits per heavy atom. The Labute approximate surface area is 41.3 Å². The smallest absolute Gasteiger partial charge is 0.276 e. The van der Waals surface area contributed by atoms with E-state index in [2.05, 4.69) is 16.6 Å². The third-order valence-corrected chi connectivity index (χ3v) is 0.294. The summed E-state index contributed by atoms with van der Waals surface area (Å²) in [5, 5.41) is 2.78. The predicted octanol–water partition coefficient (Wildman–Crippen LogP) is 0.440. The van der Waals surface area contributed by atoms with Gasteiger partial charge in [0.2, 0.25) is 0 Å². The lowest BCUT2D eigenvalue weighted by Crippen LogP contribution is -1.76. The average Bonchev–Trinajstić information content (AvgIpc) is 1.69. The van der Waals surface area contributed by atoms with E-state index in [1.54, 1.807) is 0 Å². The predicted molar refractivity (Wildman–Crippen MR) is 24.3 cm³/mol. The van der Waals surface area contributed by atoms with E-state index in [1.165, 1.54) is 12.2 Å². The fourth-order valence-corrected chi connectivity index (χ4v) is 0.116. The molecule has 0 saturated heterocycles. The van der Waals surface area contributed by atoms with Gasteiger partial charge in [0.15, 0.2) is 0 Å². The first-order valence-corrected chi connectivity index (χ1v) is 1.72. The van der Waals surface area contributed by atoms with Crippen molar-refractivity contribution in [2.75, 3.05) is 6.61 Å². The van der Waals surface area contributed by atoms with Gasteiger partial charge in [-0.25, -0.2) is 4.79 Å². The van der Waals surface area contributed by atoms with E-state index < -0.39 is 0 Å². The molecule has 0 spiro atoms. The molecule has 0 aromatic carbocycles. The molecule has 3 heteroatoms. The molecule has 0 amide bonds. The van der Waals surface area contributed by atoms with E-state index in [-0.39, 0.29) is 6.61 Å². The van der Waals surface area contributed by atoms with Gasteiger partial charge in [-0.1, -0.05) is 12.7 Å². The summed E-state index contributed by atoms with van der Waals surface area (Å²) in [4.78, 5) is 13.4. The Morgan fingerprint density at radius 1 is 2.00 bits per heavy atom. The SMILES string of the molecule is C=CCON=C=O. The van der Waals surface area contributed by atoms with Gasteiger partial charge in [-0.3, -0.25) is 0 Å². The van der Waals surface area contributed by atoms with Crippen molar-refractivity contribution in [3.8, 4) is 0 Å². The maximum Gasteiger partial charge on any atom is 0.276 e. The third-order valence-electron chi connectivity index (χ3n) is 0.294. The third kappa shape index (κ3) is 4.92. The van der Waals surface area contributed by atoms with Gasteiger partial charge in [0.25, 0.3) is 6.08 Å². The molecule has 7 heavy (non-hydrogen) atoms. The molecular weight excluding hydrogens is 94.0 g/mol. The number of hydrogen-bond donors (Lipinski definition) is 0. The van der Waals surface area contributed by atoms with E-state index in [0.717, 1.165) is 0 Å². The van der Waals surface area contributed by atoms with Crippen LogP contribution >= 0.6 is 0 Å². The van der Waals surface area contributed by atoms with Crippen molar-refractivity contribution < 1.29 is 9.63 Å². The van der Waals surface area contributed by atoms with Crippen LogP contribution in [0.5, 0.6) is 0 Å². The second-order valence-electron chi connectivity index (χ2n) is 0.767. The highest BCUT2D eigenvalue weighted by Gasteiger charge is 1.66. The van der Waals surface area contributed by atoms with Crippen LogP contribution in [0.1, 0.15) is 0 Å². The van der Waals surface area contributed by atoms with Crippen molar-refractivity contribution in [1.29, 1.82) is 0 Å². The Hall–Kier alpha value is -1.08. The summed E-state index contributed by atoms with van der Waals surface area (Å²) in [5.41, 5.74) is 0. The molecule has 0 unspecified atom stereocenters. The lowest BCUT2D eigenvalue weighted by molar-refractivity contribution is 0.174. The van der Waals surface area contributed by atoms with Gasteiger partial charge in [0.1, 0.15) is 6.61 Å². The molecule has 0 heterocycles. The number of isocyanates is 1. The van der Waals surface area contributed by atoms with Crippen LogP contribution in [0.15, 0.2) is 17.8 Å². The first-order valence-electron chi connectivity index (χ1n) is 1.72. The first-order chi connectivity index (χ1) is 3.41. The molecular formula is C4H5NO2. The molecule has 0 rings (SSSR count). The first kappa shape index (κ1) is 5.92. The van der Waals surface area contributed by atoms with E-state index in [9.17, 15) is 4.79 Å². The fourth-order valence-electron chi connectivity index (χ4n) is 0.116. The van der Waals surface area contributed by atoms with Crippen LogP contribution < -0.4 is 0 Å². The normalized spacial score (nSPS) is 6.29. The minimum absolute atomic E-state index is 0.259. The van der Waals surface area contributed by atoms with Gasteiger partial charge in [-0.2, -0.15) is 0 Å². The Balaban J connectivity index is 2.97. The van der Waals surface area contributed by atoms with Gasteiger partial charge in [-0.05, 0) is 0 Å². The lowest BCUT2D eigenvalue weighted by atomic mass is 10.7. The van der Waals surface area contributed by atoms with Crippen molar-refractivity contribution >= 4 is 6.08 Å². The molecule has 0 N–H and O–H groups in total. The van der Waals surface area contributed by atoms with Crippen molar-refractivity contribution in [2.24, 2.45) is 5.16 Å². The molecule has 0 fully saturated rings. The summed E-state index contributed by atoms with van der Waals surface area (Å²) in [6.07, 6.45) is 2.69. The zero-order valence-electron chi connectivity index (χ0n) is 3.76. The summed E-state index contributed by atoms with van der Waals surface area (Å²) >= 11 is 0. The number of nitrogens with zero attached hydrogens (tertiary/aromatic N) is 1. The average molecular weight is 99.1 g/mol. The van der Waals surface area contributed by atoms with E-state index in [1.807, 2.05) is 0 Å². The van der Waals surface area contributed by atoms with Gasteiger partial charge < -0.3 is 4.84 Å². The molecule has 0 aliphatic heterocycles. The molecule has 0 aliphatic carbocycles. The monoisotopic (exact) mass is 99.0 g/mol. The fraction of sp³-hybridized carbons (Fsp3) is 0.250. The number of hydrogen-bond acceptors (Lipinski definition) is 3. The molecule has 3 nitrogen and oxygen atoms in total. The van der Waals surface area contributed by atoms with Crippen molar-refractivity contribution in [2.45, 2.75) is 0 Å². The summed E-state index contributed by atoms with van der Waals surface area (Å²) < 4.78 is 0. The quantitative estimate of drug-likeness (QED) is 0.169. The van der Waals surface area contributed by atoms with Crippen LogP contribution in [0.3, 0.4) is 0 Å². The molecule has 0 atom stereocenters. The second kappa shape index (κ2) is 4.92. The number of carbonyl (C=O) groups excluding carboxylic acids is 1. The Bertz CT molecular complexity index is 93.9. The molecule has 0 aliphatic rings. The summed E-state index contributed by atoms with van der Waals surface area (Å²) in [6, 6.07) is 0. The van der Waals surface area contributed by atoms with Crippen LogP contribution in [0.4, 0.5) is 0 Å². The Kier molecular flexibility index (Phi) is 4.16. The van der Waals surface area contributed by atoms with Crippen LogP contribution in [0.25, 0.3) is 0 Å². The second-order valence-corrected chi connectivity index (χ2v) is 0.767. The molecule has 0 radical (unpaired) electrons. The summed E-state index contributed by atoms with van der Waals surface area (Å²) in [7, 11) is 0. The van der Waals surface area contributed by atoms with Crippen molar-refractivity contribution in [1.82, 2.24) is 0 Å². The van der Waals surface area contributed by atoms with Crippen LogP contribution in [-0.2, 0) is 9.63 Å². The molecule has 38 valence electrons. The maximum absolute atomic E-state index is 9.23. The molecule has 0 bridgehead atoms. The van der Waals surface area contributed by atoms with Crippen molar-refractivity contribution in [3.05, 3.63) is 12.7 Å². The highest BCUT2D eigenvalue weighted by molar-refractivity contribution is 5.31. The van der Waals surface area contributed by atoms with Crippen LogP contribution in [0.2, 0.25) is 0 Å². The minimum atomic E-state index is 0.259. The van der Waals surface area contributed by atoms with E-state index in [4.69, 9.17) is 0 Å². The zero-order valence-corrected chi connectivity index (χ0v) is 3.76. The van der Waals surface area contributed by atoms with Gasteiger partial charge in [-0.15, -0.1) is 0 Å². The zero-order chi connectivity index (χ0) is 5.54. The molecule has 0 saturated carbocycles. The Morgan fingerprint density at radius 2 is 2.71 bits per heavy atom. The highest BCUT2D eigenvalue weighted by atomic mass is 16.6. The van der Waals surface area contributed by atoms with Gasteiger partial charge >= 0.3 is 0 Å². The van der Waals surface area contributed by atoms with Crippen LogP contribution in [-0.4, -0.2) is 12.7 Å². The topological polar surface area (TPSA) is 38.7 Å². The maximum atomic E-state index is 9.23. The molecule has 0 aromatic rings. The van der Waals surface area contributed by atoms with E-state index >= 15 is 0 Å². The van der Waals surface area contributed by atoms with Gasteiger partial charge in [0, 0.05) is 5.16 Å². The standard InChI is InChI=1S/C4H5NO2/c1-2-3-7-5-4-6/h2H,1,3H2. The summed E-state index contributed by atoms with van der Waals surface area (Å²) in [5.74, 6) is 0. The lowest BCUT2D eigenvalue weighted by Gasteiger charge is -1.82. The van der Waals surface area contributed by atoms with Crippen molar-refractivity contribution in [3.63, 3.8) is 0 Å². The summed E-state index contributed by atoms with van der Waals surface area (Å²) in [6.45, 7) is 3.58. The highest BCUT2D eigenvalue weighted by Crippen LogP contribution is 1.69. The van der Waals surface area contributed by atoms with Crippen LogP contribution in [0, 0.1) is 0 Å². The minimum Gasteiger partial charge on any atom is -0.382 e. The number of rotatable bonds is 3. The molecule has 0 aromatic heterocycles. The largest absolute Gasteiger partial charge is 0.382 e. The van der Waals surface area contributed by atoms with Gasteiger partial charge in [0.05, 0.1) is 0 Å².